The molecule has 2 aromatic heterocycles. The molecule has 0 atom stereocenters. The van der Waals surface area contributed by atoms with E-state index in [4.69, 9.17) is 32.7 Å². The number of piperidine rings is 1. The molecule has 2 aromatic carbocycles. The van der Waals surface area contributed by atoms with Crippen LogP contribution in [-0.2, 0) is 11.3 Å². The van der Waals surface area contributed by atoms with E-state index < -0.39 is 0 Å². The van der Waals surface area contributed by atoms with E-state index in [9.17, 15) is 4.79 Å². The van der Waals surface area contributed by atoms with E-state index in [2.05, 4.69) is 33.2 Å². The standard InChI is InChI=1S/C33H33Cl2N4O3/c1-20-8-11-28(38-33(20)42-4)27-7-5-6-25(30(27)34)26-12-15-36-32(31(26)35)22-9-10-23(29(18-22)41-3)19-39-16-13-24(14-17-39)37-21(2)40/h5-12,15,18,24H,1,13-14,16-17,19H2,2-4H3,(H,37,40). The Balaban J connectivity index is 1.42. The molecule has 0 spiro atoms. The van der Waals surface area contributed by atoms with Crippen molar-refractivity contribution >= 4 is 29.1 Å². The lowest BCUT2D eigenvalue weighted by Gasteiger charge is -2.32. The smallest absolute Gasteiger partial charge is 0.217 e. The zero-order valence-corrected chi connectivity index (χ0v) is 25.4. The third kappa shape index (κ3) is 6.38. The topological polar surface area (TPSA) is 76.6 Å². The van der Waals surface area contributed by atoms with Crippen molar-refractivity contribution in [1.82, 2.24) is 20.2 Å². The van der Waals surface area contributed by atoms with Crippen molar-refractivity contribution in [1.29, 1.82) is 0 Å². The molecule has 1 aliphatic rings. The molecule has 9 heteroatoms. The normalized spacial score (nSPS) is 14.0. The summed E-state index contributed by atoms with van der Waals surface area (Å²) >= 11 is 14.0. The van der Waals surface area contributed by atoms with Crippen LogP contribution < -0.4 is 14.8 Å². The van der Waals surface area contributed by atoms with E-state index in [1.54, 1.807) is 27.3 Å². The van der Waals surface area contributed by atoms with Crippen molar-refractivity contribution in [2.24, 2.45) is 0 Å². The van der Waals surface area contributed by atoms with Gasteiger partial charge in [0.25, 0.3) is 0 Å². The van der Waals surface area contributed by atoms with Crippen LogP contribution in [0.3, 0.4) is 0 Å². The molecule has 7 nitrogen and oxygen atoms in total. The molecular weight excluding hydrogens is 571 g/mol. The molecule has 217 valence electrons. The Morgan fingerprint density at radius 2 is 1.74 bits per heavy atom. The summed E-state index contributed by atoms with van der Waals surface area (Å²) in [5, 5.41) is 4.05. The summed E-state index contributed by atoms with van der Waals surface area (Å²) in [4.78, 5) is 23.0. The molecule has 42 heavy (non-hydrogen) atoms. The maximum atomic E-state index is 11.4. The molecule has 0 saturated carbocycles. The number of halogens is 2. The van der Waals surface area contributed by atoms with E-state index >= 15 is 0 Å². The van der Waals surface area contributed by atoms with Crippen molar-refractivity contribution in [2.45, 2.75) is 32.4 Å². The Morgan fingerprint density at radius 3 is 2.45 bits per heavy atom. The molecule has 0 aliphatic carbocycles. The van der Waals surface area contributed by atoms with Gasteiger partial charge >= 0.3 is 0 Å². The number of hydrogen-bond acceptors (Lipinski definition) is 6. The lowest BCUT2D eigenvalue weighted by Crippen LogP contribution is -2.43. The van der Waals surface area contributed by atoms with Gasteiger partial charge in [-0.3, -0.25) is 14.7 Å². The third-order valence-corrected chi connectivity index (χ3v) is 8.33. The number of aromatic nitrogens is 2. The zero-order chi connectivity index (χ0) is 29.8. The fourth-order valence-electron chi connectivity index (χ4n) is 5.37. The van der Waals surface area contributed by atoms with Crippen molar-refractivity contribution in [3.63, 3.8) is 0 Å². The highest BCUT2D eigenvalue weighted by atomic mass is 35.5. The highest BCUT2D eigenvalue weighted by molar-refractivity contribution is 6.39. The number of pyridine rings is 2. The number of ether oxygens (including phenoxy) is 2. The fraction of sp³-hybridized carbons (Fsp3) is 0.273. The Morgan fingerprint density at radius 1 is 1.00 bits per heavy atom. The molecule has 1 radical (unpaired) electrons. The molecule has 0 bridgehead atoms. The Kier molecular flexibility index (Phi) is 9.31. The maximum Gasteiger partial charge on any atom is 0.217 e. The van der Waals surface area contributed by atoms with Gasteiger partial charge in [0.1, 0.15) is 5.75 Å². The number of benzene rings is 2. The molecular formula is C33H33Cl2N4O3. The van der Waals surface area contributed by atoms with Crippen molar-refractivity contribution in [3.8, 4) is 45.3 Å². The van der Waals surface area contributed by atoms with Gasteiger partial charge < -0.3 is 14.8 Å². The quantitative estimate of drug-likeness (QED) is 0.232. The van der Waals surface area contributed by atoms with Gasteiger partial charge in [0.05, 0.1) is 35.7 Å². The van der Waals surface area contributed by atoms with E-state index in [0.717, 1.165) is 66.0 Å². The SMILES string of the molecule is [CH2]c1ccc(-c2cccc(-c3ccnc(-c4ccc(CN5CCC(NC(C)=O)CC5)c(OC)c4)c3Cl)c2Cl)nc1OC. The third-order valence-electron chi connectivity index (χ3n) is 7.54. The predicted octanol–water partition coefficient (Wildman–Crippen LogP) is 7.08. The number of rotatable bonds is 8. The Hall–Kier alpha value is -3.65. The van der Waals surface area contributed by atoms with Gasteiger partial charge in [-0.25, -0.2) is 4.98 Å². The van der Waals surface area contributed by atoms with Gasteiger partial charge in [0.2, 0.25) is 11.8 Å². The molecule has 1 N–H and O–H groups in total. The van der Waals surface area contributed by atoms with E-state index in [-0.39, 0.29) is 11.9 Å². The molecule has 3 heterocycles. The van der Waals surface area contributed by atoms with Gasteiger partial charge in [-0.05, 0) is 38.0 Å². The molecule has 0 unspecified atom stereocenters. The van der Waals surface area contributed by atoms with E-state index in [1.807, 2.05) is 48.5 Å². The Bertz CT molecular complexity index is 1600. The number of nitrogens with one attached hydrogen (secondary N) is 1. The lowest BCUT2D eigenvalue weighted by molar-refractivity contribution is -0.119. The monoisotopic (exact) mass is 603 g/mol. The molecule has 4 aromatic rings. The first-order chi connectivity index (χ1) is 20.3. The summed E-state index contributed by atoms with van der Waals surface area (Å²) in [6.45, 7) is 8.10. The van der Waals surface area contributed by atoms with Crippen molar-refractivity contribution in [2.75, 3.05) is 27.3 Å². The van der Waals surface area contributed by atoms with Crippen LogP contribution >= 0.6 is 23.2 Å². The average molecular weight is 605 g/mol. The summed E-state index contributed by atoms with van der Waals surface area (Å²) in [5.74, 6) is 1.25. The summed E-state index contributed by atoms with van der Waals surface area (Å²) in [7, 11) is 3.24. The minimum Gasteiger partial charge on any atom is -0.496 e. The van der Waals surface area contributed by atoms with Crippen LogP contribution in [0.2, 0.25) is 10.0 Å². The van der Waals surface area contributed by atoms with Gasteiger partial charge in [-0.2, -0.15) is 0 Å². The minimum atomic E-state index is 0.0266. The molecule has 1 aliphatic heterocycles. The molecule has 5 rings (SSSR count). The van der Waals surface area contributed by atoms with Gasteiger partial charge in [-0.15, -0.1) is 0 Å². The summed E-state index contributed by atoms with van der Waals surface area (Å²) in [5.41, 5.74) is 6.23. The largest absolute Gasteiger partial charge is 0.496 e. The summed E-state index contributed by atoms with van der Waals surface area (Å²) in [6.07, 6.45) is 3.60. The summed E-state index contributed by atoms with van der Waals surface area (Å²) in [6, 6.07) is 17.7. The first-order valence-corrected chi connectivity index (χ1v) is 14.5. The Labute approximate surface area is 256 Å². The minimum absolute atomic E-state index is 0.0266. The fourth-order valence-corrected chi connectivity index (χ4v) is 6.02. The van der Waals surface area contributed by atoms with Crippen LogP contribution in [0.1, 0.15) is 30.9 Å². The van der Waals surface area contributed by atoms with Crippen LogP contribution in [0.25, 0.3) is 33.6 Å². The molecule has 1 saturated heterocycles. The van der Waals surface area contributed by atoms with Crippen molar-refractivity contribution in [3.05, 3.63) is 88.9 Å². The molecule has 1 fully saturated rings. The first-order valence-electron chi connectivity index (χ1n) is 13.8. The van der Waals surface area contributed by atoms with Crippen LogP contribution in [0.5, 0.6) is 11.6 Å². The highest BCUT2D eigenvalue weighted by Crippen LogP contribution is 2.42. The lowest BCUT2D eigenvalue weighted by atomic mass is 9.99. The van der Waals surface area contributed by atoms with E-state index in [0.29, 0.717) is 32.9 Å². The summed E-state index contributed by atoms with van der Waals surface area (Å²) < 4.78 is 11.2. The number of methoxy groups -OCH3 is 2. The number of amides is 1. The van der Waals surface area contributed by atoms with Crippen LogP contribution in [-0.4, -0.2) is 54.1 Å². The number of hydrogen-bond donors (Lipinski definition) is 1. The van der Waals surface area contributed by atoms with Crippen molar-refractivity contribution < 1.29 is 14.3 Å². The number of carbonyl (C=O) groups is 1. The van der Waals surface area contributed by atoms with Crippen LogP contribution in [0.4, 0.5) is 0 Å². The van der Waals surface area contributed by atoms with Gasteiger partial charge in [0, 0.05) is 72.2 Å². The highest BCUT2D eigenvalue weighted by Gasteiger charge is 2.22. The number of likely N-dealkylation sites (tertiary alicyclic amines) is 1. The number of nitrogens with zero attached hydrogens (tertiary/aromatic N) is 3. The maximum absolute atomic E-state index is 11.4. The second kappa shape index (κ2) is 13.1. The zero-order valence-electron chi connectivity index (χ0n) is 23.9. The van der Waals surface area contributed by atoms with Gasteiger partial charge in [0.15, 0.2) is 0 Å². The molecule has 1 amide bonds. The average Bonchev–Trinajstić information content (AvgIpc) is 2.99. The second-order valence-corrected chi connectivity index (χ2v) is 11.1. The van der Waals surface area contributed by atoms with Gasteiger partial charge in [-0.1, -0.05) is 59.6 Å². The van der Waals surface area contributed by atoms with E-state index in [1.165, 1.54) is 0 Å². The first kappa shape index (κ1) is 29.8. The van der Waals surface area contributed by atoms with Crippen LogP contribution in [0, 0.1) is 6.92 Å². The predicted molar refractivity (Wildman–Crippen MR) is 168 cm³/mol. The number of carbonyl (C=O) groups excluding carboxylic acids is 1. The second-order valence-electron chi connectivity index (χ2n) is 10.3. The van der Waals surface area contributed by atoms with Crippen LogP contribution in [0.15, 0.2) is 60.8 Å².